The molecule has 0 atom stereocenters. The molecular formula is C53H43BN2Si. The number of allylic oxidation sites excluding steroid dienone is 1. The molecular weight excluding hydrogens is 703 g/mol. The molecule has 5 heterocycles. The summed E-state index contributed by atoms with van der Waals surface area (Å²) in [6.45, 7) is 15.1. The summed E-state index contributed by atoms with van der Waals surface area (Å²) in [5, 5.41) is 5.88. The quantitative estimate of drug-likeness (QED) is 0.164. The molecule has 0 fully saturated rings. The van der Waals surface area contributed by atoms with E-state index in [0.29, 0.717) is 0 Å². The van der Waals surface area contributed by atoms with Crippen LogP contribution in [0.1, 0.15) is 74.9 Å². The average Bonchev–Trinajstić information content (AvgIpc) is 3.47. The lowest BCUT2D eigenvalue weighted by atomic mass is 9.29. The average molecular weight is 747 g/mol. The Morgan fingerprint density at radius 1 is 0.439 bits per heavy atom. The van der Waals surface area contributed by atoms with Crippen LogP contribution in [0.4, 0.5) is 28.4 Å². The predicted octanol–water partition coefficient (Wildman–Crippen LogP) is 8.44. The minimum Gasteiger partial charge on any atom is -0.311 e. The third kappa shape index (κ3) is 3.43. The van der Waals surface area contributed by atoms with Crippen molar-refractivity contribution < 1.29 is 0 Å². The fraction of sp³-hybridized carbons (Fsp3) is 0.170. The van der Waals surface area contributed by atoms with E-state index in [2.05, 4.69) is 203 Å². The van der Waals surface area contributed by atoms with Gasteiger partial charge < -0.3 is 9.80 Å². The van der Waals surface area contributed by atoms with E-state index in [1.54, 1.807) is 0 Å². The van der Waals surface area contributed by atoms with Gasteiger partial charge in [0.25, 0.3) is 0 Å². The summed E-state index contributed by atoms with van der Waals surface area (Å²) in [5.41, 5.74) is 20.7. The van der Waals surface area contributed by atoms with Crippen LogP contribution in [0.5, 0.6) is 0 Å². The van der Waals surface area contributed by atoms with Gasteiger partial charge in [0.15, 0.2) is 8.07 Å². The van der Waals surface area contributed by atoms with E-state index in [4.69, 9.17) is 0 Å². The first-order chi connectivity index (χ1) is 27.6. The topological polar surface area (TPSA) is 6.48 Å². The molecule has 0 spiro atoms. The molecule has 7 aromatic rings. The lowest BCUT2D eigenvalue weighted by Crippen LogP contribution is -2.79. The van der Waals surface area contributed by atoms with E-state index in [1.807, 2.05) is 0 Å². The second-order valence-corrected chi connectivity index (χ2v) is 22.5. The molecule has 272 valence electrons. The van der Waals surface area contributed by atoms with Gasteiger partial charge in [-0.05, 0) is 71.6 Å². The summed E-state index contributed by atoms with van der Waals surface area (Å²) >= 11 is 0. The minimum absolute atomic E-state index is 0.0930. The summed E-state index contributed by atoms with van der Waals surface area (Å²) in [4.78, 5) is 5.52. The van der Waals surface area contributed by atoms with Gasteiger partial charge in [-0.1, -0.05) is 187 Å². The number of anilines is 5. The van der Waals surface area contributed by atoms with Crippen molar-refractivity contribution in [1.29, 1.82) is 0 Å². The zero-order chi connectivity index (χ0) is 38.4. The van der Waals surface area contributed by atoms with Crippen molar-refractivity contribution in [3.8, 4) is 0 Å². The number of hydrogen-bond donors (Lipinski definition) is 0. The predicted molar refractivity (Wildman–Crippen MR) is 243 cm³/mol. The first kappa shape index (κ1) is 32.3. The Hall–Kier alpha value is -5.84. The molecule has 0 amide bonds. The standard InChI is InChI=1S/C53H43BN2Si/c1-51(2)36-25-15-16-28-41(36)55-45-34-23-13-14-24-35(34)53(5,6)50(45)54-40-27-18-30-43-49(40)56-46-37(52(3,4)39-31-38(51)47(55)44(54)48(39)56)26-17-29-42(46)57(43,32-19-9-7-10-20-32)33-21-11-8-12-22-33/h7-31H,1-6H3. The molecule has 4 heteroatoms. The highest BCUT2D eigenvalue weighted by molar-refractivity contribution is 7.22. The van der Waals surface area contributed by atoms with Gasteiger partial charge in [-0.15, -0.1) is 0 Å². The second kappa shape index (κ2) is 10.2. The van der Waals surface area contributed by atoms with Crippen molar-refractivity contribution >= 4 is 80.6 Å². The van der Waals surface area contributed by atoms with Crippen molar-refractivity contribution in [2.75, 3.05) is 9.80 Å². The van der Waals surface area contributed by atoms with Crippen LogP contribution in [0, 0.1) is 0 Å². The molecule has 0 bridgehead atoms. The maximum absolute atomic E-state index is 2.85. The summed E-state index contributed by atoms with van der Waals surface area (Å²) in [6.07, 6.45) is 0. The summed E-state index contributed by atoms with van der Waals surface area (Å²) < 4.78 is 0. The zero-order valence-electron chi connectivity index (χ0n) is 33.4. The Morgan fingerprint density at radius 2 is 0.982 bits per heavy atom. The molecule has 0 unspecified atom stereocenters. The van der Waals surface area contributed by atoms with Crippen LogP contribution < -0.4 is 41.5 Å². The Balaban J connectivity index is 1.27. The third-order valence-electron chi connectivity index (χ3n) is 15.3. The lowest BCUT2D eigenvalue weighted by Gasteiger charge is -2.57. The lowest BCUT2D eigenvalue weighted by molar-refractivity contribution is 0.608. The fourth-order valence-electron chi connectivity index (χ4n) is 12.8. The fourth-order valence-corrected chi connectivity index (χ4v) is 18.0. The molecule has 1 aliphatic carbocycles. The largest absolute Gasteiger partial charge is 0.311 e. The number of para-hydroxylation sites is 3. The van der Waals surface area contributed by atoms with Crippen molar-refractivity contribution in [3.05, 3.63) is 191 Å². The Morgan fingerprint density at radius 3 is 1.68 bits per heavy atom. The molecule has 57 heavy (non-hydrogen) atoms. The first-order valence-corrected chi connectivity index (χ1v) is 22.7. The molecule has 0 N–H and O–H groups in total. The molecule has 0 radical (unpaired) electrons. The maximum Gasteiger partial charge on any atom is 0.248 e. The molecule has 13 rings (SSSR count). The molecule has 0 aromatic heterocycles. The van der Waals surface area contributed by atoms with Crippen molar-refractivity contribution in [1.82, 2.24) is 0 Å². The third-order valence-corrected chi connectivity index (χ3v) is 20.1. The SMILES string of the molecule is CC1(C)C2=C(c3ccccc31)N1c3ccccc3C(C)(C)c3cc4c5c(c31)B2c1cccc2c1N5c1c(cccc1[Si]2(c1ccccc1)c1ccccc1)C4(C)C. The first-order valence-electron chi connectivity index (χ1n) is 20.7. The van der Waals surface area contributed by atoms with Crippen molar-refractivity contribution in [2.45, 2.75) is 57.8 Å². The van der Waals surface area contributed by atoms with Gasteiger partial charge in [0.1, 0.15) is 0 Å². The minimum atomic E-state index is -2.85. The van der Waals surface area contributed by atoms with E-state index in [1.165, 1.54) is 105 Å². The molecule has 0 saturated heterocycles. The van der Waals surface area contributed by atoms with Crippen LogP contribution in [-0.4, -0.2) is 14.8 Å². The zero-order valence-corrected chi connectivity index (χ0v) is 34.4. The number of hydrogen-bond acceptors (Lipinski definition) is 2. The van der Waals surface area contributed by atoms with Crippen molar-refractivity contribution in [2.24, 2.45) is 0 Å². The van der Waals surface area contributed by atoms with Gasteiger partial charge in [0.2, 0.25) is 6.71 Å². The van der Waals surface area contributed by atoms with Crippen molar-refractivity contribution in [3.63, 3.8) is 0 Å². The van der Waals surface area contributed by atoms with Crippen LogP contribution in [0.2, 0.25) is 0 Å². The van der Waals surface area contributed by atoms with Crippen LogP contribution >= 0.6 is 0 Å². The molecule has 6 aliphatic rings. The summed E-state index contributed by atoms with van der Waals surface area (Å²) in [5.74, 6) is 0. The van der Waals surface area contributed by atoms with E-state index in [9.17, 15) is 0 Å². The maximum atomic E-state index is 2.80. The van der Waals surface area contributed by atoms with E-state index in [0.717, 1.165) is 0 Å². The van der Waals surface area contributed by atoms with Crippen LogP contribution in [0.15, 0.2) is 157 Å². The number of rotatable bonds is 2. The Labute approximate surface area is 337 Å². The van der Waals surface area contributed by atoms with Crippen LogP contribution in [0.25, 0.3) is 5.70 Å². The molecule has 2 nitrogen and oxygen atoms in total. The van der Waals surface area contributed by atoms with Gasteiger partial charge in [0, 0.05) is 44.6 Å². The number of benzene rings is 7. The van der Waals surface area contributed by atoms with Gasteiger partial charge >= 0.3 is 0 Å². The van der Waals surface area contributed by atoms with Crippen LogP contribution in [0.3, 0.4) is 0 Å². The Bertz CT molecular complexity index is 2970. The summed E-state index contributed by atoms with van der Waals surface area (Å²) in [6, 6.07) is 59.1. The second-order valence-electron chi connectivity index (χ2n) is 18.8. The molecule has 7 aromatic carbocycles. The summed E-state index contributed by atoms with van der Waals surface area (Å²) in [7, 11) is -2.85. The van der Waals surface area contributed by atoms with Crippen LogP contribution in [-0.2, 0) is 16.2 Å². The van der Waals surface area contributed by atoms with Gasteiger partial charge in [-0.25, -0.2) is 0 Å². The smallest absolute Gasteiger partial charge is 0.248 e. The number of fused-ring (bicyclic) bond motifs is 7. The van der Waals surface area contributed by atoms with Gasteiger partial charge in [0.05, 0.1) is 11.4 Å². The monoisotopic (exact) mass is 746 g/mol. The molecule has 5 aliphatic heterocycles. The number of nitrogens with zero attached hydrogens (tertiary/aromatic N) is 2. The van der Waals surface area contributed by atoms with Gasteiger partial charge in [-0.2, -0.15) is 0 Å². The van der Waals surface area contributed by atoms with E-state index >= 15 is 0 Å². The highest BCUT2D eigenvalue weighted by Gasteiger charge is 2.61. The molecule has 0 saturated carbocycles. The van der Waals surface area contributed by atoms with E-state index < -0.39 is 8.07 Å². The van der Waals surface area contributed by atoms with E-state index in [-0.39, 0.29) is 23.0 Å². The Kier molecular flexibility index (Phi) is 5.76. The van der Waals surface area contributed by atoms with Gasteiger partial charge in [-0.3, -0.25) is 0 Å². The highest BCUT2D eigenvalue weighted by Crippen LogP contribution is 2.63. The highest BCUT2D eigenvalue weighted by atomic mass is 28.3. The normalized spacial score (nSPS) is 19.1.